The molecule has 32 heavy (non-hydrogen) atoms. The molecule has 1 N–H and O–H groups in total. The predicted molar refractivity (Wildman–Crippen MR) is 113 cm³/mol. The van der Waals surface area contributed by atoms with Gasteiger partial charge in [-0.3, -0.25) is 14.9 Å². The van der Waals surface area contributed by atoms with Gasteiger partial charge in [0.25, 0.3) is 11.6 Å². The van der Waals surface area contributed by atoms with E-state index in [2.05, 4.69) is 10.1 Å². The molecular formula is C23H20F2N2O5. The van der Waals surface area contributed by atoms with Crippen LogP contribution in [0.4, 0.5) is 14.5 Å². The van der Waals surface area contributed by atoms with Crippen LogP contribution >= 0.6 is 0 Å². The molecule has 0 bridgehead atoms. The van der Waals surface area contributed by atoms with Crippen molar-refractivity contribution >= 4 is 11.6 Å². The Bertz CT molecular complexity index is 1040. The molecule has 3 aromatic rings. The summed E-state index contributed by atoms with van der Waals surface area (Å²) in [6.45, 7) is -3.05. The number of nitrogens with one attached hydrogen (secondary N) is 1. The van der Waals surface area contributed by atoms with Crippen molar-refractivity contribution in [2.45, 2.75) is 12.5 Å². The van der Waals surface area contributed by atoms with Crippen LogP contribution in [0.25, 0.3) is 0 Å². The highest BCUT2D eigenvalue weighted by molar-refractivity contribution is 5.99. The van der Waals surface area contributed by atoms with E-state index in [4.69, 9.17) is 4.74 Å². The third-order valence-electron chi connectivity index (χ3n) is 4.81. The second-order valence-corrected chi connectivity index (χ2v) is 6.74. The predicted octanol–water partition coefficient (Wildman–Crippen LogP) is 4.77. The van der Waals surface area contributed by atoms with E-state index < -0.39 is 28.9 Å². The molecule has 3 rings (SSSR count). The monoisotopic (exact) mass is 442 g/mol. The van der Waals surface area contributed by atoms with Gasteiger partial charge in [0.15, 0.2) is 11.5 Å². The average Bonchev–Trinajstić information content (AvgIpc) is 2.79. The van der Waals surface area contributed by atoms with Crippen molar-refractivity contribution in [1.29, 1.82) is 0 Å². The normalized spacial score (nSPS) is 10.8. The van der Waals surface area contributed by atoms with Crippen LogP contribution in [0.3, 0.4) is 0 Å². The fourth-order valence-corrected chi connectivity index (χ4v) is 3.32. The zero-order valence-corrected chi connectivity index (χ0v) is 17.0. The molecule has 0 unspecified atom stereocenters. The van der Waals surface area contributed by atoms with E-state index in [1.165, 1.54) is 7.11 Å². The van der Waals surface area contributed by atoms with Crippen molar-refractivity contribution in [2.75, 3.05) is 13.7 Å². The summed E-state index contributed by atoms with van der Waals surface area (Å²) in [5, 5.41) is 14.2. The summed E-state index contributed by atoms with van der Waals surface area (Å²) in [4.78, 5) is 23.5. The topological polar surface area (TPSA) is 90.7 Å². The van der Waals surface area contributed by atoms with E-state index in [0.717, 1.165) is 23.3 Å². The van der Waals surface area contributed by atoms with Crippen molar-refractivity contribution in [3.63, 3.8) is 0 Å². The van der Waals surface area contributed by atoms with Gasteiger partial charge in [-0.05, 0) is 11.1 Å². The van der Waals surface area contributed by atoms with Gasteiger partial charge >= 0.3 is 6.61 Å². The number of nitro groups is 1. The van der Waals surface area contributed by atoms with Crippen LogP contribution in [-0.2, 0) is 0 Å². The second-order valence-electron chi connectivity index (χ2n) is 6.74. The number of methoxy groups -OCH3 is 1. The fourth-order valence-electron chi connectivity index (χ4n) is 3.32. The molecule has 3 aromatic carbocycles. The number of alkyl halides is 2. The van der Waals surface area contributed by atoms with Crippen molar-refractivity contribution in [2.24, 2.45) is 0 Å². The minimum atomic E-state index is -3.21. The molecule has 7 nitrogen and oxygen atoms in total. The Kier molecular flexibility index (Phi) is 7.33. The first-order valence-corrected chi connectivity index (χ1v) is 9.60. The number of nitro benzene ring substituents is 1. The van der Waals surface area contributed by atoms with Gasteiger partial charge in [-0.1, -0.05) is 60.7 Å². The van der Waals surface area contributed by atoms with Gasteiger partial charge in [-0.15, -0.1) is 0 Å². The van der Waals surface area contributed by atoms with E-state index in [-0.39, 0.29) is 23.8 Å². The maximum absolute atomic E-state index is 12.9. The van der Waals surface area contributed by atoms with Crippen molar-refractivity contribution in [3.05, 3.63) is 99.6 Å². The van der Waals surface area contributed by atoms with Crippen molar-refractivity contribution in [1.82, 2.24) is 5.32 Å². The summed E-state index contributed by atoms with van der Waals surface area (Å²) in [5.74, 6) is -1.69. The van der Waals surface area contributed by atoms with E-state index in [0.29, 0.717) is 0 Å². The van der Waals surface area contributed by atoms with Crippen LogP contribution in [0.2, 0.25) is 0 Å². The third kappa shape index (κ3) is 5.37. The highest BCUT2D eigenvalue weighted by atomic mass is 19.3. The molecule has 0 heterocycles. The molecular weight excluding hydrogens is 422 g/mol. The Labute approximate surface area is 182 Å². The summed E-state index contributed by atoms with van der Waals surface area (Å²) in [6.07, 6.45) is 0. The second kappa shape index (κ2) is 10.3. The number of carbonyl (C=O) groups is 1. The molecule has 9 heteroatoms. The quantitative estimate of drug-likeness (QED) is 0.381. The molecule has 0 spiro atoms. The first kappa shape index (κ1) is 22.7. The molecule has 0 aliphatic rings. The Morgan fingerprint density at radius 3 is 2.03 bits per heavy atom. The number of ether oxygens (including phenoxy) is 2. The maximum Gasteiger partial charge on any atom is 0.387 e. The van der Waals surface area contributed by atoms with E-state index >= 15 is 0 Å². The zero-order chi connectivity index (χ0) is 23.1. The van der Waals surface area contributed by atoms with Gasteiger partial charge in [-0.25, -0.2) is 0 Å². The van der Waals surface area contributed by atoms with Crippen LogP contribution in [0.15, 0.2) is 72.8 Å². The minimum absolute atomic E-state index is 0.154. The average molecular weight is 442 g/mol. The third-order valence-corrected chi connectivity index (χ3v) is 4.81. The van der Waals surface area contributed by atoms with Crippen molar-refractivity contribution in [3.8, 4) is 11.5 Å². The number of carbonyl (C=O) groups excluding carboxylic acids is 1. The summed E-state index contributed by atoms with van der Waals surface area (Å²) in [7, 11) is 1.18. The van der Waals surface area contributed by atoms with E-state index in [1.807, 2.05) is 60.7 Å². The van der Waals surface area contributed by atoms with Crippen molar-refractivity contribution < 1.29 is 28.0 Å². The van der Waals surface area contributed by atoms with Gasteiger partial charge < -0.3 is 14.8 Å². The lowest BCUT2D eigenvalue weighted by Gasteiger charge is -2.19. The lowest BCUT2D eigenvalue weighted by molar-refractivity contribution is -0.385. The number of halogens is 2. The van der Waals surface area contributed by atoms with E-state index in [1.54, 1.807) is 0 Å². The Balaban J connectivity index is 1.90. The number of hydrogen-bond acceptors (Lipinski definition) is 5. The smallest absolute Gasteiger partial charge is 0.387 e. The van der Waals surface area contributed by atoms with Gasteiger partial charge in [0.05, 0.1) is 18.1 Å². The molecule has 166 valence electrons. The van der Waals surface area contributed by atoms with Gasteiger partial charge in [0, 0.05) is 18.5 Å². The number of rotatable bonds is 9. The van der Waals surface area contributed by atoms with Gasteiger partial charge in [0.2, 0.25) is 0 Å². The molecule has 0 aliphatic carbocycles. The Hall–Kier alpha value is -4.01. The first-order chi connectivity index (χ1) is 15.4. The lowest BCUT2D eigenvalue weighted by Crippen LogP contribution is -2.29. The summed E-state index contributed by atoms with van der Waals surface area (Å²) in [6, 6.07) is 20.7. The van der Waals surface area contributed by atoms with Crippen LogP contribution in [0, 0.1) is 10.1 Å². The molecule has 0 aromatic heterocycles. The SMILES string of the molecule is COc1cc(C(=O)NCC(c2ccccc2)c2ccccc2)c([N+](=O)[O-])cc1OC(F)F. The molecule has 0 saturated heterocycles. The van der Waals surface area contributed by atoms with Gasteiger partial charge in [0.1, 0.15) is 5.56 Å². The standard InChI is InChI=1S/C23H20F2N2O5/c1-31-20-12-17(19(27(29)30)13-21(20)32-23(24)25)22(28)26-14-18(15-8-4-2-5-9-15)16-10-6-3-7-11-16/h2-13,18,23H,14H2,1H3,(H,26,28). The Morgan fingerprint density at radius 1 is 1.00 bits per heavy atom. The highest BCUT2D eigenvalue weighted by Gasteiger charge is 2.26. The Morgan fingerprint density at radius 2 is 1.56 bits per heavy atom. The highest BCUT2D eigenvalue weighted by Crippen LogP contribution is 2.36. The largest absolute Gasteiger partial charge is 0.493 e. The number of hydrogen-bond donors (Lipinski definition) is 1. The number of benzene rings is 3. The number of nitrogens with zero attached hydrogens (tertiary/aromatic N) is 1. The fraction of sp³-hybridized carbons (Fsp3) is 0.174. The van der Waals surface area contributed by atoms with Crippen LogP contribution < -0.4 is 14.8 Å². The molecule has 1 amide bonds. The summed E-state index contributed by atoms with van der Waals surface area (Å²) >= 11 is 0. The van der Waals surface area contributed by atoms with Gasteiger partial charge in [-0.2, -0.15) is 8.78 Å². The summed E-state index contributed by atoms with van der Waals surface area (Å²) < 4.78 is 34.5. The molecule has 0 radical (unpaired) electrons. The van der Waals surface area contributed by atoms with Crippen LogP contribution in [-0.4, -0.2) is 31.1 Å². The first-order valence-electron chi connectivity index (χ1n) is 9.60. The lowest BCUT2D eigenvalue weighted by atomic mass is 9.91. The molecule has 0 aliphatic heterocycles. The van der Waals surface area contributed by atoms with E-state index in [9.17, 15) is 23.7 Å². The molecule has 0 saturated carbocycles. The summed E-state index contributed by atoms with van der Waals surface area (Å²) in [5.41, 5.74) is 0.904. The minimum Gasteiger partial charge on any atom is -0.493 e. The number of amides is 1. The van der Waals surface area contributed by atoms with Crippen LogP contribution in [0.1, 0.15) is 27.4 Å². The zero-order valence-electron chi connectivity index (χ0n) is 17.0. The molecule has 0 fully saturated rings. The molecule has 0 atom stereocenters. The van der Waals surface area contributed by atoms with Crippen LogP contribution in [0.5, 0.6) is 11.5 Å². The maximum atomic E-state index is 12.9.